The highest BCUT2D eigenvalue weighted by molar-refractivity contribution is 7.90. The first kappa shape index (κ1) is 14.7. The van der Waals surface area contributed by atoms with E-state index in [9.17, 15) is 18.0 Å². The summed E-state index contributed by atoms with van der Waals surface area (Å²) in [4.78, 5) is 21.3. The average Bonchev–Trinajstić information content (AvgIpc) is 2.27. The van der Waals surface area contributed by atoms with Gasteiger partial charge in [-0.1, -0.05) is 17.7 Å². The van der Waals surface area contributed by atoms with Crippen molar-refractivity contribution in [2.45, 2.75) is 11.8 Å². The zero-order valence-electron chi connectivity index (χ0n) is 9.82. The summed E-state index contributed by atoms with van der Waals surface area (Å²) in [6.45, 7) is 1.76. The number of benzene rings is 1. The lowest BCUT2D eigenvalue weighted by molar-refractivity contribution is -0.132. The van der Waals surface area contributed by atoms with Crippen LogP contribution in [0, 0.1) is 6.92 Å². The van der Waals surface area contributed by atoms with Crippen molar-refractivity contribution in [2.24, 2.45) is 0 Å². The van der Waals surface area contributed by atoms with Crippen molar-refractivity contribution in [1.29, 1.82) is 0 Å². The maximum atomic E-state index is 11.7. The van der Waals surface area contributed by atoms with E-state index in [-0.39, 0.29) is 11.0 Å². The zero-order valence-corrected chi connectivity index (χ0v) is 10.6. The number of nitrogens with one attached hydrogen (secondary N) is 1. The molecule has 8 heteroatoms. The van der Waals surface area contributed by atoms with E-state index in [0.29, 0.717) is 0 Å². The van der Waals surface area contributed by atoms with Crippen molar-refractivity contribution < 1.29 is 28.2 Å². The van der Waals surface area contributed by atoms with E-state index in [2.05, 4.69) is 0 Å². The van der Waals surface area contributed by atoms with E-state index in [1.54, 1.807) is 11.6 Å². The highest BCUT2D eigenvalue weighted by atomic mass is 32.2. The lowest BCUT2D eigenvalue weighted by Gasteiger charge is -2.06. The summed E-state index contributed by atoms with van der Waals surface area (Å²) in [7, 11) is -4.15. The number of aliphatic carboxylic acids is 1. The van der Waals surface area contributed by atoms with E-state index in [0.717, 1.165) is 5.56 Å². The van der Waals surface area contributed by atoms with Crippen LogP contribution in [-0.4, -0.2) is 30.5 Å². The van der Waals surface area contributed by atoms with Crippen LogP contribution in [0.3, 0.4) is 0 Å². The number of aliphatic hydroxyl groups is 1. The number of amides is 1. The molecule has 0 aliphatic heterocycles. The SMILES string of the molecule is Cc1ccc(S(=O)(=O)NC(=O)C(O)=CC(=O)O)cc1. The van der Waals surface area contributed by atoms with Crippen LogP contribution in [0.15, 0.2) is 41.0 Å². The zero-order chi connectivity index (χ0) is 14.6. The number of sulfonamides is 1. The van der Waals surface area contributed by atoms with E-state index in [1.807, 2.05) is 0 Å². The Bertz CT molecular complexity index is 630. The summed E-state index contributed by atoms with van der Waals surface area (Å²) in [6, 6.07) is 5.63. The number of aryl methyl sites for hydroxylation is 1. The number of hydrogen-bond donors (Lipinski definition) is 3. The number of hydrogen-bond acceptors (Lipinski definition) is 5. The van der Waals surface area contributed by atoms with Crippen LogP contribution in [0.1, 0.15) is 5.56 Å². The minimum Gasteiger partial charge on any atom is -0.503 e. The van der Waals surface area contributed by atoms with Crippen molar-refractivity contribution >= 4 is 21.9 Å². The van der Waals surface area contributed by atoms with Gasteiger partial charge in [-0.2, -0.15) is 0 Å². The van der Waals surface area contributed by atoms with Crippen LogP contribution < -0.4 is 4.72 Å². The lowest BCUT2D eigenvalue weighted by Crippen LogP contribution is -2.32. The maximum Gasteiger partial charge on any atom is 0.332 e. The van der Waals surface area contributed by atoms with Gasteiger partial charge < -0.3 is 10.2 Å². The molecule has 102 valence electrons. The first-order valence-corrected chi connectivity index (χ1v) is 6.48. The summed E-state index contributed by atoms with van der Waals surface area (Å²) >= 11 is 0. The molecule has 0 spiro atoms. The second kappa shape index (κ2) is 5.53. The molecule has 0 aliphatic carbocycles. The van der Waals surface area contributed by atoms with Crippen molar-refractivity contribution in [2.75, 3.05) is 0 Å². The molecule has 3 N–H and O–H groups in total. The number of aliphatic hydroxyl groups excluding tert-OH is 1. The normalized spacial score (nSPS) is 11.9. The van der Waals surface area contributed by atoms with Gasteiger partial charge in [0.25, 0.3) is 15.9 Å². The predicted molar refractivity (Wildman–Crippen MR) is 64.9 cm³/mol. The molecule has 0 aliphatic rings. The number of carboxylic acids is 1. The third-order valence-electron chi connectivity index (χ3n) is 2.05. The molecule has 0 aromatic heterocycles. The predicted octanol–water partition coefficient (Wildman–Crippen LogP) is 0.326. The Morgan fingerprint density at radius 1 is 1.16 bits per heavy atom. The average molecular weight is 285 g/mol. The number of carbonyl (C=O) groups excluding carboxylic acids is 1. The quantitative estimate of drug-likeness (QED) is 0.541. The molecule has 0 radical (unpaired) electrons. The van der Waals surface area contributed by atoms with E-state index < -0.39 is 27.7 Å². The topological polar surface area (TPSA) is 121 Å². The van der Waals surface area contributed by atoms with Crippen LogP contribution in [0.4, 0.5) is 0 Å². The van der Waals surface area contributed by atoms with Gasteiger partial charge in [-0.05, 0) is 19.1 Å². The standard InChI is InChI=1S/C11H11NO6S/c1-7-2-4-8(5-3-7)19(17,18)12-11(16)9(13)6-10(14)15/h2-6,13H,1H3,(H,12,16)(H,14,15). The molecular weight excluding hydrogens is 274 g/mol. The van der Waals surface area contributed by atoms with Crippen LogP contribution in [0.25, 0.3) is 0 Å². The third-order valence-corrected chi connectivity index (χ3v) is 3.40. The van der Waals surface area contributed by atoms with Gasteiger partial charge in [-0.25, -0.2) is 17.9 Å². The van der Waals surface area contributed by atoms with Gasteiger partial charge in [0.1, 0.15) is 0 Å². The second-order valence-corrected chi connectivity index (χ2v) is 5.30. The van der Waals surface area contributed by atoms with Gasteiger partial charge in [0, 0.05) is 0 Å². The Morgan fingerprint density at radius 3 is 2.16 bits per heavy atom. The van der Waals surface area contributed by atoms with E-state index in [4.69, 9.17) is 10.2 Å². The molecule has 7 nitrogen and oxygen atoms in total. The monoisotopic (exact) mass is 285 g/mol. The second-order valence-electron chi connectivity index (χ2n) is 3.62. The van der Waals surface area contributed by atoms with Gasteiger partial charge in [0.2, 0.25) is 0 Å². The fourth-order valence-electron chi connectivity index (χ4n) is 1.13. The molecule has 1 aromatic rings. The molecule has 1 rings (SSSR count). The summed E-state index contributed by atoms with van der Waals surface area (Å²) in [6.07, 6.45) is 0.194. The van der Waals surface area contributed by atoms with Crippen molar-refractivity contribution in [3.05, 3.63) is 41.7 Å². The van der Waals surface area contributed by atoms with Crippen LogP contribution in [0.2, 0.25) is 0 Å². The summed E-state index contributed by atoms with van der Waals surface area (Å²) < 4.78 is 25.0. The smallest absolute Gasteiger partial charge is 0.332 e. The van der Waals surface area contributed by atoms with Gasteiger partial charge in [-0.3, -0.25) is 4.79 Å². The Morgan fingerprint density at radius 2 is 1.68 bits per heavy atom. The number of rotatable bonds is 4. The summed E-state index contributed by atoms with van der Waals surface area (Å²) in [5, 5.41) is 17.4. The number of carboxylic acid groups (broad SMARTS) is 1. The van der Waals surface area contributed by atoms with Gasteiger partial charge in [-0.15, -0.1) is 0 Å². The molecule has 0 bridgehead atoms. The summed E-state index contributed by atoms with van der Waals surface area (Å²) in [5.74, 6) is -4.19. The first-order valence-electron chi connectivity index (χ1n) is 5.00. The van der Waals surface area contributed by atoms with E-state index >= 15 is 0 Å². The van der Waals surface area contributed by atoms with Crippen LogP contribution >= 0.6 is 0 Å². The van der Waals surface area contributed by atoms with E-state index in [1.165, 1.54) is 24.3 Å². The largest absolute Gasteiger partial charge is 0.503 e. The van der Waals surface area contributed by atoms with Gasteiger partial charge in [0.15, 0.2) is 5.76 Å². The Labute approximate surface area is 109 Å². The molecule has 0 saturated carbocycles. The fourth-order valence-corrected chi connectivity index (χ4v) is 2.09. The minimum absolute atomic E-state index is 0.172. The van der Waals surface area contributed by atoms with Crippen LogP contribution in [-0.2, 0) is 19.6 Å². The molecule has 1 amide bonds. The van der Waals surface area contributed by atoms with Crippen molar-refractivity contribution in [3.63, 3.8) is 0 Å². The van der Waals surface area contributed by atoms with Crippen molar-refractivity contribution in [1.82, 2.24) is 4.72 Å². The molecule has 1 aromatic carbocycles. The molecule has 0 fully saturated rings. The van der Waals surface area contributed by atoms with Gasteiger partial charge >= 0.3 is 5.97 Å². The Hall–Kier alpha value is -2.35. The van der Waals surface area contributed by atoms with Gasteiger partial charge in [0.05, 0.1) is 11.0 Å². The Balaban J connectivity index is 2.95. The molecule has 0 saturated heterocycles. The fraction of sp³-hybridized carbons (Fsp3) is 0.0909. The molecular formula is C11H11NO6S. The molecule has 0 unspecified atom stereocenters. The number of carbonyl (C=O) groups is 2. The minimum atomic E-state index is -4.15. The van der Waals surface area contributed by atoms with Crippen molar-refractivity contribution in [3.8, 4) is 0 Å². The summed E-state index contributed by atoms with van der Waals surface area (Å²) in [5.41, 5.74) is 0.832. The maximum absolute atomic E-state index is 11.7. The molecule has 0 heterocycles. The first-order chi connectivity index (χ1) is 8.72. The molecule has 19 heavy (non-hydrogen) atoms. The Kier molecular flexibility index (Phi) is 4.28. The van der Waals surface area contributed by atoms with Crippen LogP contribution in [0.5, 0.6) is 0 Å². The third kappa shape index (κ3) is 4.11. The highest BCUT2D eigenvalue weighted by Gasteiger charge is 2.20. The highest BCUT2D eigenvalue weighted by Crippen LogP contribution is 2.10. The lowest BCUT2D eigenvalue weighted by atomic mass is 10.2. The molecule has 0 atom stereocenters.